The summed E-state index contributed by atoms with van der Waals surface area (Å²) in [5.41, 5.74) is 9.93. The highest BCUT2D eigenvalue weighted by atomic mass is 16.6. The normalized spacial score (nSPS) is 13.3. The zero-order valence-corrected chi connectivity index (χ0v) is 11.2. The number of nitrogens with zero attached hydrogens (tertiary/aromatic N) is 2. The highest BCUT2D eigenvalue weighted by Crippen LogP contribution is 2.35. The Morgan fingerprint density at radius 1 is 1.00 bits per heavy atom. The van der Waals surface area contributed by atoms with Crippen molar-refractivity contribution in [2.45, 2.75) is 0 Å². The zero-order valence-electron chi connectivity index (χ0n) is 11.2. The smallest absolute Gasteiger partial charge is 0.162 e. The van der Waals surface area contributed by atoms with Crippen LogP contribution in [0, 0.1) is 0 Å². The molecule has 104 valence electrons. The van der Waals surface area contributed by atoms with E-state index in [-0.39, 0.29) is 0 Å². The van der Waals surface area contributed by atoms with E-state index in [0.29, 0.717) is 18.9 Å². The minimum atomic E-state index is 0.563. The van der Waals surface area contributed by atoms with Crippen LogP contribution in [0.15, 0.2) is 42.6 Å². The molecule has 3 heterocycles. The van der Waals surface area contributed by atoms with Crippen molar-refractivity contribution < 1.29 is 9.47 Å². The molecule has 1 aliphatic rings. The Morgan fingerprint density at radius 3 is 2.76 bits per heavy atom. The van der Waals surface area contributed by atoms with Gasteiger partial charge < -0.3 is 15.2 Å². The summed E-state index contributed by atoms with van der Waals surface area (Å²) < 4.78 is 11.1. The molecule has 0 atom stereocenters. The van der Waals surface area contributed by atoms with Gasteiger partial charge in [-0.25, -0.2) is 4.98 Å². The lowest BCUT2D eigenvalue weighted by Crippen LogP contribution is -2.15. The minimum absolute atomic E-state index is 0.563. The number of aromatic nitrogens is 2. The van der Waals surface area contributed by atoms with E-state index in [1.165, 1.54) is 0 Å². The van der Waals surface area contributed by atoms with Gasteiger partial charge in [0.05, 0.1) is 16.9 Å². The van der Waals surface area contributed by atoms with E-state index >= 15 is 0 Å². The minimum Gasteiger partial charge on any atom is -0.486 e. The van der Waals surface area contributed by atoms with Gasteiger partial charge in [0.1, 0.15) is 18.7 Å². The van der Waals surface area contributed by atoms with Gasteiger partial charge in [0.15, 0.2) is 11.5 Å². The van der Waals surface area contributed by atoms with Crippen LogP contribution in [0.4, 0.5) is 5.69 Å². The van der Waals surface area contributed by atoms with Gasteiger partial charge >= 0.3 is 0 Å². The van der Waals surface area contributed by atoms with E-state index in [1.807, 2.05) is 36.4 Å². The monoisotopic (exact) mass is 279 g/mol. The molecular weight excluding hydrogens is 266 g/mol. The number of benzene rings is 1. The van der Waals surface area contributed by atoms with Crippen molar-refractivity contribution in [2.75, 3.05) is 18.9 Å². The van der Waals surface area contributed by atoms with Gasteiger partial charge in [0, 0.05) is 11.8 Å². The summed E-state index contributed by atoms with van der Waals surface area (Å²) in [5, 5.41) is 0. The van der Waals surface area contributed by atoms with E-state index in [9.17, 15) is 0 Å². The molecule has 0 bridgehead atoms. The standard InChI is InChI=1S/C16H13N3O2/c17-11-9-13(19-12-2-1-5-18-16(11)12)10-3-4-14-15(8-10)21-7-6-20-14/h1-5,8-9H,6-7H2,(H2,17,19). The van der Waals surface area contributed by atoms with Crippen molar-refractivity contribution in [1.29, 1.82) is 0 Å². The summed E-state index contributed by atoms with van der Waals surface area (Å²) in [6.45, 7) is 1.15. The van der Waals surface area contributed by atoms with E-state index < -0.39 is 0 Å². The largest absolute Gasteiger partial charge is 0.486 e. The van der Waals surface area contributed by atoms with Crippen LogP contribution in [-0.4, -0.2) is 23.2 Å². The maximum atomic E-state index is 6.07. The van der Waals surface area contributed by atoms with Gasteiger partial charge in [-0.2, -0.15) is 0 Å². The third kappa shape index (κ3) is 2.03. The summed E-state index contributed by atoms with van der Waals surface area (Å²) in [5.74, 6) is 1.51. The van der Waals surface area contributed by atoms with Crippen LogP contribution < -0.4 is 15.2 Å². The number of nitrogen functional groups attached to an aromatic ring is 1. The average Bonchev–Trinajstić information content (AvgIpc) is 2.54. The molecule has 0 unspecified atom stereocenters. The third-order valence-electron chi connectivity index (χ3n) is 3.43. The quantitative estimate of drug-likeness (QED) is 0.741. The summed E-state index contributed by atoms with van der Waals surface area (Å²) in [6, 6.07) is 11.4. The van der Waals surface area contributed by atoms with E-state index in [0.717, 1.165) is 33.8 Å². The summed E-state index contributed by atoms with van der Waals surface area (Å²) in [4.78, 5) is 8.87. The Bertz CT molecular complexity index is 833. The number of pyridine rings is 2. The number of ether oxygens (including phenoxy) is 2. The average molecular weight is 279 g/mol. The second-order valence-electron chi connectivity index (χ2n) is 4.83. The zero-order chi connectivity index (χ0) is 14.2. The number of hydrogen-bond donors (Lipinski definition) is 1. The maximum Gasteiger partial charge on any atom is 0.162 e. The van der Waals surface area contributed by atoms with Crippen molar-refractivity contribution in [3.63, 3.8) is 0 Å². The molecule has 21 heavy (non-hydrogen) atoms. The lowest BCUT2D eigenvalue weighted by Gasteiger charge is -2.18. The van der Waals surface area contributed by atoms with Gasteiger partial charge in [-0.3, -0.25) is 4.98 Å². The molecule has 0 aliphatic carbocycles. The molecule has 3 aromatic rings. The highest BCUT2D eigenvalue weighted by molar-refractivity contribution is 5.89. The van der Waals surface area contributed by atoms with Crippen molar-refractivity contribution >= 4 is 16.7 Å². The first-order valence-corrected chi connectivity index (χ1v) is 6.72. The second-order valence-corrected chi connectivity index (χ2v) is 4.83. The van der Waals surface area contributed by atoms with Crippen LogP contribution in [0.1, 0.15) is 0 Å². The fourth-order valence-electron chi connectivity index (χ4n) is 2.44. The first kappa shape index (κ1) is 12.0. The molecule has 2 N–H and O–H groups in total. The number of fused-ring (bicyclic) bond motifs is 2. The molecule has 0 saturated heterocycles. The molecule has 4 rings (SSSR count). The fraction of sp³-hybridized carbons (Fsp3) is 0.125. The lowest BCUT2D eigenvalue weighted by atomic mass is 10.1. The van der Waals surface area contributed by atoms with Gasteiger partial charge in [-0.1, -0.05) is 0 Å². The Kier molecular flexibility index (Phi) is 2.64. The summed E-state index contributed by atoms with van der Waals surface area (Å²) >= 11 is 0. The van der Waals surface area contributed by atoms with Crippen molar-refractivity contribution in [3.8, 4) is 22.8 Å². The molecule has 0 fully saturated rings. The summed E-state index contributed by atoms with van der Waals surface area (Å²) in [6.07, 6.45) is 1.71. The molecular formula is C16H13N3O2. The molecule has 1 aromatic carbocycles. The van der Waals surface area contributed by atoms with Gasteiger partial charge in [0.2, 0.25) is 0 Å². The van der Waals surface area contributed by atoms with Crippen LogP contribution >= 0.6 is 0 Å². The van der Waals surface area contributed by atoms with Crippen molar-refractivity contribution in [1.82, 2.24) is 9.97 Å². The summed E-state index contributed by atoms with van der Waals surface area (Å²) in [7, 11) is 0. The number of nitrogens with two attached hydrogens (primary N) is 1. The number of anilines is 1. The molecule has 0 amide bonds. The van der Waals surface area contributed by atoms with Gasteiger partial charge in [-0.05, 0) is 36.4 Å². The maximum absolute atomic E-state index is 6.07. The van der Waals surface area contributed by atoms with Crippen LogP contribution in [0.25, 0.3) is 22.3 Å². The fourth-order valence-corrected chi connectivity index (χ4v) is 2.44. The van der Waals surface area contributed by atoms with E-state index in [2.05, 4.69) is 9.97 Å². The molecule has 0 radical (unpaired) electrons. The predicted molar refractivity (Wildman–Crippen MR) is 80.4 cm³/mol. The van der Waals surface area contributed by atoms with E-state index in [1.54, 1.807) is 6.20 Å². The number of rotatable bonds is 1. The van der Waals surface area contributed by atoms with Gasteiger partial charge in [-0.15, -0.1) is 0 Å². The molecule has 5 heteroatoms. The molecule has 5 nitrogen and oxygen atoms in total. The van der Waals surface area contributed by atoms with Crippen LogP contribution in [0.2, 0.25) is 0 Å². The van der Waals surface area contributed by atoms with Crippen molar-refractivity contribution in [2.24, 2.45) is 0 Å². The topological polar surface area (TPSA) is 70.3 Å². The second kappa shape index (κ2) is 4.63. The van der Waals surface area contributed by atoms with Gasteiger partial charge in [0.25, 0.3) is 0 Å². The number of hydrogen-bond acceptors (Lipinski definition) is 5. The van der Waals surface area contributed by atoms with Crippen LogP contribution in [-0.2, 0) is 0 Å². The molecule has 0 saturated carbocycles. The van der Waals surface area contributed by atoms with Crippen LogP contribution in [0.3, 0.4) is 0 Å². The Hall–Kier alpha value is -2.82. The van der Waals surface area contributed by atoms with Crippen molar-refractivity contribution in [3.05, 3.63) is 42.6 Å². The molecule has 1 aliphatic heterocycles. The molecule has 0 spiro atoms. The Balaban J connectivity index is 1.86. The first-order chi connectivity index (χ1) is 10.3. The Labute approximate surface area is 121 Å². The third-order valence-corrected chi connectivity index (χ3v) is 3.43. The first-order valence-electron chi connectivity index (χ1n) is 6.72. The van der Waals surface area contributed by atoms with Crippen LogP contribution in [0.5, 0.6) is 11.5 Å². The van der Waals surface area contributed by atoms with E-state index in [4.69, 9.17) is 15.2 Å². The SMILES string of the molecule is Nc1cc(-c2ccc3c(c2)OCCO3)nc2cccnc12. The lowest BCUT2D eigenvalue weighted by molar-refractivity contribution is 0.171. The Morgan fingerprint density at radius 2 is 1.86 bits per heavy atom. The molecule has 2 aromatic heterocycles. The highest BCUT2D eigenvalue weighted by Gasteiger charge is 2.14. The predicted octanol–water partition coefficient (Wildman–Crippen LogP) is 2.65.